The van der Waals surface area contributed by atoms with Gasteiger partial charge < -0.3 is 14.2 Å². The third-order valence-corrected chi connectivity index (χ3v) is 5.95. The Bertz CT molecular complexity index is 1450. The van der Waals surface area contributed by atoms with Gasteiger partial charge in [-0.3, -0.25) is 14.4 Å². The Kier molecular flexibility index (Phi) is 8.08. The quantitative estimate of drug-likeness (QED) is 0.316. The van der Waals surface area contributed by atoms with Crippen molar-refractivity contribution in [3.8, 4) is 0 Å². The summed E-state index contributed by atoms with van der Waals surface area (Å²) in [4.78, 5) is 42.5. The van der Waals surface area contributed by atoms with Crippen molar-refractivity contribution in [1.29, 1.82) is 0 Å². The molecule has 6 nitrogen and oxygen atoms in total. The lowest BCUT2D eigenvalue weighted by atomic mass is 10.1. The van der Waals surface area contributed by atoms with Gasteiger partial charge in [-0.15, -0.1) is 0 Å². The van der Waals surface area contributed by atoms with Gasteiger partial charge in [0.2, 0.25) is 5.91 Å². The molecule has 0 aliphatic rings. The third kappa shape index (κ3) is 6.27. The summed E-state index contributed by atoms with van der Waals surface area (Å²) in [5.41, 5.74) is 1.38. The molecule has 0 fully saturated rings. The van der Waals surface area contributed by atoms with Crippen molar-refractivity contribution in [2.24, 2.45) is 0 Å². The SMILES string of the molecule is CCCN(CC(=O)N(Cc1ccc(F)cc1)Cc1coc2ccccc2c1=O)C(=O)c1ccc(F)cc1. The fourth-order valence-corrected chi connectivity index (χ4v) is 4.04. The van der Waals surface area contributed by atoms with Crippen molar-refractivity contribution in [3.63, 3.8) is 0 Å². The third-order valence-electron chi connectivity index (χ3n) is 5.95. The summed E-state index contributed by atoms with van der Waals surface area (Å²) >= 11 is 0. The zero-order chi connectivity index (χ0) is 26.4. The molecule has 1 aromatic heterocycles. The van der Waals surface area contributed by atoms with Gasteiger partial charge in [0.15, 0.2) is 5.43 Å². The molecular weight excluding hydrogens is 478 g/mol. The highest BCUT2D eigenvalue weighted by molar-refractivity contribution is 5.96. The highest BCUT2D eigenvalue weighted by atomic mass is 19.1. The van der Waals surface area contributed by atoms with Crippen LogP contribution < -0.4 is 5.43 Å². The number of amides is 2. The van der Waals surface area contributed by atoms with Crippen LogP contribution in [0, 0.1) is 11.6 Å². The normalized spacial score (nSPS) is 10.9. The summed E-state index contributed by atoms with van der Waals surface area (Å²) in [6, 6.07) is 17.7. The first-order chi connectivity index (χ1) is 17.9. The molecule has 0 atom stereocenters. The van der Waals surface area contributed by atoms with E-state index in [1.165, 1.54) is 52.5 Å². The van der Waals surface area contributed by atoms with Crippen LogP contribution in [0.5, 0.6) is 0 Å². The molecule has 37 heavy (non-hydrogen) atoms. The second-order valence-electron chi connectivity index (χ2n) is 8.70. The number of fused-ring (bicyclic) bond motifs is 1. The molecular formula is C29H26F2N2O4. The number of hydrogen-bond acceptors (Lipinski definition) is 4. The van der Waals surface area contributed by atoms with E-state index in [9.17, 15) is 23.2 Å². The Labute approximate surface area is 212 Å². The van der Waals surface area contributed by atoms with E-state index in [-0.39, 0.29) is 36.2 Å². The number of carbonyl (C=O) groups is 2. The molecule has 8 heteroatoms. The van der Waals surface area contributed by atoms with Crippen molar-refractivity contribution < 1.29 is 22.8 Å². The van der Waals surface area contributed by atoms with Crippen molar-refractivity contribution in [3.05, 3.63) is 118 Å². The minimum absolute atomic E-state index is 0.0614. The zero-order valence-corrected chi connectivity index (χ0v) is 20.3. The molecule has 0 aliphatic carbocycles. The molecule has 3 aromatic carbocycles. The van der Waals surface area contributed by atoms with E-state index in [2.05, 4.69) is 0 Å². The summed E-state index contributed by atoms with van der Waals surface area (Å²) in [6.45, 7) is 1.98. The molecule has 0 bridgehead atoms. The second-order valence-corrected chi connectivity index (χ2v) is 8.70. The largest absolute Gasteiger partial charge is 0.464 e. The van der Waals surface area contributed by atoms with E-state index in [0.29, 0.717) is 29.5 Å². The first-order valence-electron chi connectivity index (χ1n) is 11.9. The number of hydrogen-bond donors (Lipinski definition) is 0. The first kappa shape index (κ1) is 25.8. The lowest BCUT2D eigenvalue weighted by Gasteiger charge is -2.28. The number of benzene rings is 3. The van der Waals surface area contributed by atoms with Crippen LogP contribution in [0.2, 0.25) is 0 Å². The molecule has 0 unspecified atom stereocenters. The minimum Gasteiger partial charge on any atom is -0.464 e. The monoisotopic (exact) mass is 504 g/mol. The van der Waals surface area contributed by atoms with E-state index in [1.807, 2.05) is 6.92 Å². The Hall–Kier alpha value is -4.33. The highest BCUT2D eigenvalue weighted by Gasteiger charge is 2.23. The molecule has 0 saturated heterocycles. The summed E-state index contributed by atoms with van der Waals surface area (Å²) in [5.74, 6) is -1.67. The van der Waals surface area contributed by atoms with Crippen LogP contribution in [0.1, 0.15) is 34.8 Å². The van der Waals surface area contributed by atoms with E-state index in [1.54, 1.807) is 36.4 Å². The van der Waals surface area contributed by atoms with Gasteiger partial charge in [0.05, 0.1) is 23.8 Å². The van der Waals surface area contributed by atoms with Gasteiger partial charge in [-0.25, -0.2) is 8.78 Å². The molecule has 4 rings (SSSR count). The van der Waals surface area contributed by atoms with Crippen LogP contribution in [0.25, 0.3) is 11.0 Å². The standard InChI is InChI=1S/C29H26F2N2O4/c1-2-15-32(29(36)21-9-13-24(31)14-10-21)18-27(34)33(16-20-7-11-23(30)12-8-20)17-22-19-37-26-6-4-3-5-25(26)28(22)35/h3-14,19H,2,15-18H2,1H3. The summed E-state index contributed by atoms with van der Waals surface area (Å²) in [7, 11) is 0. The molecule has 0 N–H and O–H groups in total. The Morgan fingerprint density at radius 1 is 0.838 bits per heavy atom. The number of nitrogens with zero attached hydrogens (tertiary/aromatic N) is 2. The van der Waals surface area contributed by atoms with Crippen LogP contribution in [0.3, 0.4) is 0 Å². The van der Waals surface area contributed by atoms with Gasteiger partial charge in [0, 0.05) is 18.7 Å². The molecule has 0 saturated carbocycles. The van der Waals surface area contributed by atoms with Crippen molar-refractivity contribution in [2.75, 3.05) is 13.1 Å². The number of carbonyl (C=O) groups excluding carboxylic acids is 2. The molecule has 0 aliphatic heterocycles. The van der Waals surface area contributed by atoms with E-state index in [4.69, 9.17) is 4.42 Å². The fourth-order valence-electron chi connectivity index (χ4n) is 4.04. The lowest BCUT2D eigenvalue weighted by molar-refractivity contribution is -0.133. The van der Waals surface area contributed by atoms with Crippen LogP contribution in [-0.2, 0) is 17.9 Å². The van der Waals surface area contributed by atoms with Crippen LogP contribution in [-0.4, -0.2) is 34.7 Å². The topological polar surface area (TPSA) is 70.8 Å². The number of para-hydroxylation sites is 1. The van der Waals surface area contributed by atoms with Crippen molar-refractivity contribution in [1.82, 2.24) is 9.80 Å². The maximum Gasteiger partial charge on any atom is 0.254 e. The Balaban J connectivity index is 1.62. The van der Waals surface area contributed by atoms with E-state index >= 15 is 0 Å². The van der Waals surface area contributed by atoms with E-state index in [0.717, 1.165) is 0 Å². The van der Waals surface area contributed by atoms with Crippen LogP contribution >= 0.6 is 0 Å². The molecule has 190 valence electrons. The van der Waals surface area contributed by atoms with Gasteiger partial charge in [-0.2, -0.15) is 0 Å². The maximum absolute atomic E-state index is 13.5. The van der Waals surface area contributed by atoms with Crippen molar-refractivity contribution >= 4 is 22.8 Å². The predicted molar refractivity (Wildman–Crippen MR) is 136 cm³/mol. The average Bonchev–Trinajstić information content (AvgIpc) is 2.91. The van der Waals surface area contributed by atoms with E-state index < -0.39 is 23.4 Å². The Morgan fingerprint density at radius 2 is 1.49 bits per heavy atom. The van der Waals surface area contributed by atoms with Crippen LogP contribution in [0.15, 0.2) is 88.3 Å². The molecule has 4 aromatic rings. The van der Waals surface area contributed by atoms with Gasteiger partial charge in [0.1, 0.15) is 23.8 Å². The molecule has 1 heterocycles. The molecule has 0 spiro atoms. The summed E-state index contributed by atoms with van der Waals surface area (Å²) in [6.07, 6.45) is 1.94. The van der Waals surface area contributed by atoms with Crippen molar-refractivity contribution in [2.45, 2.75) is 26.4 Å². The number of halogens is 2. The first-order valence-corrected chi connectivity index (χ1v) is 11.9. The second kappa shape index (κ2) is 11.6. The highest BCUT2D eigenvalue weighted by Crippen LogP contribution is 2.15. The molecule has 2 amide bonds. The van der Waals surface area contributed by atoms with Crippen LogP contribution in [0.4, 0.5) is 8.78 Å². The average molecular weight is 505 g/mol. The molecule has 0 radical (unpaired) electrons. The minimum atomic E-state index is -0.464. The Morgan fingerprint density at radius 3 is 2.16 bits per heavy atom. The summed E-state index contributed by atoms with van der Waals surface area (Å²) in [5, 5.41) is 0.397. The fraction of sp³-hybridized carbons (Fsp3) is 0.207. The smallest absolute Gasteiger partial charge is 0.254 e. The van der Waals surface area contributed by atoms with Gasteiger partial charge in [-0.1, -0.05) is 31.2 Å². The van der Waals surface area contributed by atoms with Gasteiger partial charge in [0.25, 0.3) is 5.91 Å². The lowest BCUT2D eigenvalue weighted by Crippen LogP contribution is -2.43. The van der Waals surface area contributed by atoms with Gasteiger partial charge >= 0.3 is 0 Å². The predicted octanol–water partition coefficient (Wildman–Crippen LogP) is 5.15. The number of rotatable bonds is 9. The summed E-state index contributed by atoms with van der Waals surface area (Å²) < 4.78 is 32.4. The van der Waals surface area contributed by atoms with Gasteiger partial charge in [-0.05, 0) is 60.5 Å². The zero-order valence-electron chi connectivity index (χ0n) is 20.3. The maximum atomic E-state index is 13.5.